The first-order valence-electron chi connectivity index (χ1n) is 5.86. The highest BCUT2D eigenvalue weighted by Crippen LogP contribution is 2.26. The standard InChI is InChI=1S/C15H12N2O3/c1-10(18)12-3-4-17-15(7-12)20-14-6-11(9-16)5-13(8-14)19-2/h3-8H,1-2H3. The van der Waals surface area contributed by atoms with Crippen LogP contribution < -0.4 is 9.47 Å². The van der Waals surface area contributed by atoms with E-state index < -0.39 is 0 Å². The Kier molecular flexibility index (Phi) is 3.96. The van der Waals surface area contributed by atoms with Gasteiger partial charge in [0.1, 0.15) is 11.5 Å². The van der Waals surface area contributed by atoms with E-state index in [9.17, 15) is 4.79 Å². The Bertz CT molecular complexity index is 690. The van der Waals surface area contributed by atoms with Crippen LogP contribution in [0.4, 0.5) is 0 Å². The molecule has 2 rings (SSSR count). The Balaban J connectivity index is 2.32. The van der Waals surface area contributed by atoms with Gasteiger partial charge in [0.05, 0.1) is 18.7 Å². The van der Waals surface area contributed by atoms with Crippen molar-refractivity contribution in [3.05, 3.63) is 47.7 Å². The number of nitriles is 1. The Hall–Kier alpha value is -2.87. The molecule has 0 atom stereocenters. The minimum Gasteiger partial charge on any atom is -0.497 e. The lowest BCUT2D eigenvalue weighted by molar-refractivity contribution is 0.101. The van der Waals surface area contributed by atoms with Crippen LogP contribution in [0, 0.1) is 11.3 Å². The van der Waals surface area contributed by atoms with Crippen molar-refractivity contribution in [1.29, 1.82) is 5.26 Å². The maximum Gasteiger partial charge on any atom is 0.219 e. The van der Waals surface area contributed by atoms with Crippen LogP contribution in [0.15, 0.2) is 36.5 Å². The van der Waals surface area contributed by atoms with Crippen LogP contribution in [0.5, 0.6) is 17.4 Å². The van der Waals surface area contributed by atoms with Gasteiger partial charge in [-0.2, -0.15) is 5.26 Å². The molecule has 0 saturated heterocycles. The summed E-state index contributed by atoms with van der Waals surface area (Å²) in [6.07, 6.45) is 1.50. The van der Waals surface area contributed by atoms with Crippen LogP contribution in [0.1, 0.15) is 22.8 Å². The number of hydrogen-bond donors (Lipinski definition) is 0. The number of hydrogen-bond acceptors (Lipinski definition) is 5. The van der Waals surface area contributed by atoms with Gasteiger partial charge in [-0.15, -0.1) is 0 Å². The molecule has 0 aliphatic heterocycles. The number of aromatic nitrogens is 1. The van der Waals surface area contributed by atoms with E-state index >= 15 is 0 Å². The maximum absolute atomic E-state index is 11.3. The van der Waals surface area contributed by atoms with Crippen molar-refractivity contribution < 1.29 is 14.3 Å². The van der Waals surface area contributed by atoms with Crippen molar-refractivity contribution in [2.24, 2.45) is 0 Å². The molecule has 0 fully saturated rings. The van der Waals surface area contributed by atoms with Crippen LogP contribution >= 0.6 is 0 Å². The summed E-state index contributed by atoms with van der Waals surface area (Å²) in [5.41, 5.74) is 0.931. The first-order valence-corrected chi connectivity index (χ1v) is 5.86. The number of nitrogens with zero attached hydrogens (tertiary/aromatic N) is 2. The molecule has 0 radical (unpaired) electrons. The largest absolute Gasteiger partial charge is 0.497 e. The summed E-state index contributed by atoms with van der Waals surface area (Å²) in [4.78, 5) is 15.3. The molecule has 1 aromatic carbocycles. The predicted octanol–water partition coefficient (Wildman–Crippen LogP) is 2.96. The Morgan fingerprint density at radius 3 is 2.65 bits per heavy atom. The second-order valence-corrected chi connectivity index (χ2v) is 4.05. The van der Waals surface area contributed by atoms with Crippen molar-refractivity contribution >= 4 is 5.78 Å². The van der Waals surface area contributed by atoms with Gasteiger partial charge in [-0.25, -0.2) is 4.98 Å². The molecule has 0 bridgehead atoms. The fourth-order valence-corrected chi connectivity index (χ4v) is 1.62. The monoisotopic (exact) mass is 268 g/mol. The van der Waals surface area contributed by atoms with Gasteiger partial charge >= 0.3 is 0 Å². The molecular weight excluding hydrogens is 256 g/mol. The topological polar surface area (TPSA) is 72.2 Å². The van der Waals surface area contributed by atoms with Crippen LogP contribution in [0.25, 0.3) is 0 Å². The minimum absolute atomic E-state index is 0.0689. The summed E-state index contributed by atoms with van der Waals surface area (Å²) >= 11 is 0. The number of ketones is 1. The number of Topliss-reactive ketones (excluding diaryl/α,β-unsaturated/α-hetero) is 1. The fourth-order valence-electron chi connectivity index (χ4n) is 1.62. The third kappa shape index (κ3) is 3.12. The van der Waals surface area contributed by atoms with E-state index in [1.165, 1.54) is 20.2 Å². The van der Waals surface area contributed by atoms with Crippen molar-refractivity contribution in [3.8, 4) is 23.4 Å². The zero-order valence-electron chi connectivity index (χ0n) is 11.1. The van der Waals surface area contributed by atoms with Crippen LogP contribution in [-0.4, -0.2) is 17.9 Å². The summed E-state index contributed by atoms with van der Waals surface area (Å²) in [7, 11) is 1.51. The molecule has 1 aromatic heterocycles. The fraction of sp³-hybridized carbons (Fsp3) is 0.133. The van der Waals surface area contributed by atoms with E-state index in [-0.39, 0.29) is 11.7 Å². The second kappa shape index (κ2) is 5.85. The van der Waals surface area contributed by atoms with Gasteiger partial charge < -0.3 is 9.47 Å². The Morgan fingerprint density at radius 1 is 1.25 bits per heavy atom. The summed E-state index contributed by atoms with van der Waals surface area (Å²) in [6.45, 7) is 1.47. The highest BCUT2D eigenvalue weighted by Gasteiger charge is 2.06. The minimum atomic E-state index is -0.0689. The van der Waals surface area contributed by atoms with Crippen molar-refractivity contribution in [2.45, 2.75) is 6.92 Å². The molecule has 5 nitrogen and oxygen atoms in total. The smallest absolute Gasteiger partial charge is 0.219 e. The SMILES string of the molecule is COc1cc(C#N)cc(Oc2cc(C(C)=O)ccn2)c1. The molecule has 0 aliphatic carbocycles. The average molecular weight is 268 g/mol. The molecule has 0 aliphatic rings. The molecule has 0 unspecified atom stereocenters. The molecule has 1 heterocycles. The molecular formula is C15H12N2O3. The number of carbonyl (C=O) groups is 1. The second-order valence-electron chi connectivity index (χ2n) is 4.05. The van der Waals surface area contributed by atoms with Crippen molar-refractivity contribution in [1.82, 2.24) is 4.98 Å². The number of methoxy groups -OCH3 is 1. The Morgan fingerprint density at radius 2 is 2.00 bits per heavy atom. The van der Waals surface area contributed by atoms with E-state index in [0.717, 1.165) is 0 Å². The molecule has 0 spiro atoms. The van der Waals surface area contributed by atoms with E-state index in [1.54, 1.807) is 30.3 Å². The van der Waals surface area contributed by atoms with Gasteiger partial charge in [-0.05, 0) is 25.1 Å². The molecule has 2 aromatic rings. The third-order valence-electron chi connectivity index (χ3n) is 2.61. The third-order valence-corrected chi connectivity index (χ3v) is 2.61. The summed E-state index contributed by atoms with van der Waals surface area (Å²) in [5, 5.41) is 8.94. The van der Waals surface area contributed by atoms with Crippen LogP contribution in [0.3, 0.4) is 0 Å². The number of ether oxygens (including phenoxy) is 2. The van der Waals surface area contributed by atoms with Crippen LogP contribution in [-0.2, 0) is 0 Å². The lowest BCUT2D eigenvalue weighted by atomic mass is 10.2. The summed E-state index contributed by atoms with van der Waals surface area (Å²) < 4.78 is 10.7. The zero-order valence-corrected chi connectivity index (χ0v) is 11.1. The molecule has 0 amide bonds. The van der Waals surface area contributed by atoms with Gasteiger partial charge in [0, 0.05) is 23.9 Å². The highest BCUT2D eigenvalue weighted by molar-refractivity contribution is 5.94. The highest BCUT2D eigenvalue weighted by atomic mass is 16.5. The molecule has 0 N–H and O–H groups in total. The van der Waals surface area contributed by atoms with Crippen molar-refractivity contribution in [2.75, 3.05) is 7.11 Å². The Labute approximate surface area is 116 Å². The van der Waals surface area contributed by atoms with Gasteiger partial charge in [0.2, 0.25) is 5.88 Å². The summed E-state index contributed by atoms with van der Waals surface area (Å²) in [6, 6.07) is 10.0. The number of pyridine rings is 1. The first-order chi connectivity index (χ1) is 9.62. The van der Waals surface area contributed by atoms with E-state index in [2.05, 4.69) is 4.98 Å². The van der Waals surface area contributed by atoms with Gasteiger partial charge in [0.25, 0.3) is 0 Å². The number of carbonyl (C=O) groups excluding carboxylic acids is 1. The predicted molar refractivity (Wildman–Crippen MR) is 72.0 cm³/mol. The van der Waals surface area contributed by atoms with Gasteiger partial charge in [-0.1, -0.05) is 0 Å². The van der Waals surface area contributed by atoms with Gasteiger partial charge in [-0.3, -0.25) is 4.79 Å². The quantitative estimate of drug-likeness (QED) is 0.797. The lowest BCUT2D eigenvalue weighted by Gasteiger charge is -2.08. The molecule has 0 saturated carbocycles. The maximum atomic E-state index is 11.3. The van der Waals surface area contributed by atoms with Crippen molar-refractivity contribution in [3.63, 3.8) is 0 Å². The van der Waals surface area contributed by atoms with E-state index in [1.807, 2.05) is 6.07 Å². The molecule has 20 heavy (non-hydrogen) atoms. The lowest BCUT2D eigenvalue weighted by Crippen LogP contribution is -1.95. The summed E-state index contributed by atoms with van der Waals surface area (Å²) in [5.74, 6) is 1.16. The van der Waals surface area contributed by atoms with Gasteiger partial charge in [0.15, 0.2) is 5.78 Å². The molecule has 100 valence electrons. The molecule has 5 heteroatoms. The number of rotatable bonds is 4. The van der Waals surface area contributed by atoms with E-state index in [4.69, 9.17) is 14.7 Å². The first kappa shape index (κ1) is 13.6. The number of benzene rings is 1. The zero-order chi connectivity index (χ0) is 14.5. The average Bonchev–Trinajstić information content (AvgIpc) is 2.47. The van der Waals surface area contributed by atoms with E-state index in [0.29, 0.717) is 22.6 Å². The normalized spacial score (nSPS) is 9.65. The van der Waals surface area contributed by atoms with Crippen LogP contribution in [0.2, 0.25) is 0 Å².